The van der Waals surface area contributed by atoms with E-state index in [-0.39, 0.29) is 11.9 Å². The quantitative estimate of drug-likeness (QED) is 0.924. The Morgan fingerprint density at radius 1 is 1.21 bits per heavy atom. The van der Waals surface area contributed by atoms with Crippen molar-refractivity contribution in [2.75, 3.05) is 0 Å². The average molecular weight is 329 g/mol. The van der Waals surface area contributed by atoms with Gasteiger partial charge in [0.15, 0.2) is 0 Å². The van der Waals surface area contributed by atoms with Gasteiger partial charge in [-0.2, -0.15) is 0 Å². The van der Waals surface area contributed by atoms with Gasteiger partial charge in [0, 0.05) is 12.1 Å². The van der Waals surface area contributed by atoms with Gasteiger partial charge in [-0.3, -0.25) is 4.79 Å². The first-order chi connectivity index (χ1) is 11.4. The molecule has 0 unspecified atom stereocenters. The molecule has 3 fully saturated rings. The van der Waals surface area contributed by atoms with E-state index in [0.29, 0.717) is 22.8 Å². The zero-order valence-corrected chi connectivity index (χ0v) is 14.8. The molecule has 130 valence electrons. The van der Waals surface area contributed by atoms with Gasteiger partial charge < -0.3 is 9.73 Å². The van der Waals surface area contributed by atoms with Crippen molar-refractivity contribution in [1.29, 1.82) is 0 Å². The van der Waals surface area contributed by atoms with E-state index in [0.717, 1.165) is 23.7 Å². The summed E-state index contributed by atoms with van der Waals surface area (Å²) in [7, 11) is 0. The molecule has 1 N–H and O–H groups in total. The summed E-state index contributed by atoms with van der Waals surface area (Å²) in [6.45, 7) is 5.66. The number of amides is 1. The smallest absolute Gasteiger partial charge is 0.336 e. The average Bonchev–Trinajstić information content (AvgIpc) is 2.68. The standard InChI is InChI=1S/C20H27NO3/c1-10-6-17(22)24-12(3)18(10)20(23)21-11(2)19-15-5-4-14-7-13(8-15)9-16(14)19/h6,11,13-16,19H,4-5,7-9H2,1-3H3,(H,21,23)/t11-,13+,14-,15+,16-,19-/m0/s1. The van der Waals surface area contributed by atoms with Gasteiger partial charge in [0.05, 0.1) is 5.56 Å². The largest absolute Gasteiger partial charge is 0.427 e. The van der Waals surface area contributed by atoms with Crippen molar-refractivity contribution in [3.63, 3.8) is 0 Å². The van der Waals surface area contributed by atoms with Crippen LogP contribution in [0.25, 0.3) is 0 Å². The lowest BCUT2D eigenvalue weighted by Crippen LogP contribution is -2.48. The van der Waals surface area contributed by atoms with Crippen molar-refractivity contribution >= 4 is 5.91 Å². The molecule has 1 aromatic heterocycles. The highest BCUT2D eigenvalue weighted by molar-refractivity contribution is 5.96. The highest BCUT2D eigenvalue weighted by Gasteiger charge is 2.51. The molecule has 0 saturated heterocycles. The molecule has 0 spiro atoms. The summed E-state index contributed by atoms with van der Waals surface area (Å²) in [5.74, 6) is 4.33. The minimum absolute atomic E-state index is 0.0998. The summed E-state index contributed by atoms with van der Waals surface area (Å²) in [6.07, 6.45) is 6.87. The van der Waals surface area contributed by atoms with Gasteiger partial charge in [-0.25, -0.2) is 4.79 Å². The van der Waals surface area contributed by atoms with Crippen LogP contribution < -0.4 is 10.9 Å². The Labute approximate surface area is 143 Å². The monoisotopic (exact) mass is 329 g/mol. The van der Waals surface area contributed by atoms with E-state index in [1.54, 1.807) is 13.8 Å². The Kier molecular flexibility index (Phi) is 3.81. The summed E-state index contributed by atoms with van der Waals surface area (Å²) in [5, 5.41) is 3.23. The van der Waals surface area contributed by atoms with Crippen LogP contribution in [0.4, 0.5) is 0 Å². The van der Waals surface area contributed by atoms with Crippen molar-refractivity contribution in [3.8, 4) is 0 Å². The van der Waals surface area contributed by atoms with E-state index >= 15 is 0 Å². The molecule has 3 aliphatic rings. The molecule has 1 heterocycles. The van der Waals surface area contributed by atoms with Gasteiger partial charge >= 0.3 is 5.63 Å². The van der Waals surface area contributed by atoms with Gasteiger partial charge in [-0.15, -0.1) is 0 Å². The second-order valence-corrected chi connectivity index (χ2v) is 8.35. The molecule has 0 aromatic carbocycles. The summed E-state index contributed by atoms with van der Waals surface area (Å²) in [6, 6.07) is 1.58. The molecule has 3 aliphatic carbocycles. The second kappa shape index (κ2) is 5.75. The maximum atomic E-state index is 12.8. The van der Waals surface area contributed by atoms with Gasteiger partial charge in [-0.05, 0) is 88.0 Å². The number of nitrogens with one attached hydrogen (secondary N) is 1. The number of hydrogen-bond donors (Lipinski definition) is 1. The zero-order chi connectivity index (χ0) is 17.0. The highest BCUT2D eigenvalue weighted by atomic mass is 16.4. The first kappa shape index (κ1) is 15.9. The maximum Gasteiger partial charge on any atom is 0.336 e. The Morgan fingerprint density at radius 2 is 1.92 bits per heavy atom. The molecule has 24 heavy (non-hydrogen) atoms. The number of hydrogen-bond acceptors (Lipinski definition) is 3. The predicted octanol–water partition coefficient (Wildman–Crippen LogP) is 3.45. The Morgan fingerprint density at radius 3 is 2.67 bits per heavy atom. The van der Waals surface area contributed by atoms with Gasteiger partial charge in [0.1, 0.15) is 5.76 Å². The lowest BCUT2D eigenvalue weighted by molar-refractivity contribution is 0.0518. The predicted molar refractivity (Wildman–Crippen MR) is 91.9 cm³/mol. The van der Waals surface area contributed by atoms with Crippen LogP contribution in [-0.2, 0) is 0 Å². The number of aryl methyl sites for hydroxylation is 2. The molecule has 0 radical (unpaired) electrons. The van der Waals surface area contributed by atoms with Crippen LogP contribution in [0.5, 0.6) is 0 Å². The third-order valence-corrected chi connectivity index (χ3v) is 6.93. The molecule has 0 aliphatic heterocycles. The molecule has 3 bridgehead atoms. The van der Waals surface area contributed by atoms with Gasteiger partial charge in [0.25, 0.3) is 5.91 Å². The zero-order valence-electron chi connectivity index (χ0n) is 14.8. The second-order valence-electron chi connectivity index (χ2n) is 8.35. The van der Waals surface area contributed by atoms with E-state index in [9.17, 15) is 9.59 Å². The fourth-order valence-electron chi connectivity index (χ4n) is 6.20. The van der Waals surface area contributed by atoms with Crippen LogP contribution in [0.2, 0.25) is 0 Å². The molecule has 1 aromatic rings. The Hall–Kier alpha value is -1.58. The normalized spacial score (nSPS) is 35.0. The molecular formula is C20H27NO3. The number of carbonyl (C=O) groups is 1. The van der Waals surface area contributed by atoms with Gasteiger partial charge in [-0.1, -0.05) is 0 Å². The van der Waals surface area contributed by atoms with Crippen molar-refractivity contribution in [3.05, 3.63) is 33.4 Å². The highest BCUT2D eigenvalue weighted by Crippen LogP contribution is 2.58. The summed E-state index contributed by atoms with van der Waals surface area (Å²) >= 11 is 0. The summed E-state index contributed by atoms with van der Waals surface area (Å²) < 4.78 is 5.12. The van der Waals surface area contributed by atoms with Crippen molar-refractivity contribution in [2.45, 2.75) is 58.9 Å². The third kappa shape index (κ3) is 2.51. The van der Waals surface area contributed by atoms with Crippen LogP contribution in [0.3, 0.4) is 0 Å². The van der Waals surface area contributed by atoms with E-state index in [4.69, 9.17) is 4.42 Å². The van der Waals surface area contributed by atoms with Crippen LogP contribution in [0.15, 0.2) is 15.3 Å². The minimum atomic E-state index is -0.392. The van der Waals surface area contributed by atoms with E-state index < -0.39 is 5.63 Å². The minimum Gasteiger partial charge on any atom is -0.427 e. The molecule has 4 nitrogen and oxygen atoms in total. The number of rotatable bonds is 3. The first-order valence-corrected chi connectivity index (χ1v) is 9.36. The van der Waals surface area contributed by atoms with Crippen LogP contribution in [-0.4, -0.2) is 11.9 Å². The van der Waals surface area contributed by atoms with Crippen molar-refractivity contribution in [1.82, 2.24) is 5.32 Å². The number of fused-ring (bicyclic) bond motifs is 2. The maximum absolute atomic E-state index is 12.8. The number of carbonyl (C=O) groups excluding carboxylic acids is 1. The molecule has 4 rings (SSSR count). The topological polar surface area (TPSA) is 59.3 Å². The van der Waals surface area contributed by atoms with Crippen molar-refractivity contribution in [2.24, 2.45) is 29.6 Å². The van der Waals surface area contributed by atoms with E-state index in [1.807, 2.05) is 0 Å². The molecule has 4 heteroatoms. The van der Waals surface area contributed by atoms with Crippen LogP contribution >= 0.6 is 0 Å². The van der Waals surface area contributed by atoms with Crippen LogP contribution in [0, 0.1) is 43.4 Å². The fraction of sp³-hybridized carbons (Fsp3) is 0.700. The third-order valence-electron chi connectivity index (χ3n) is 6.93. The van der Waals surface area contributed by atoms with Crippen molar-refractivity contribution < 1.29 is 9.21 Å². The SMILES string of the molecule is Cc1cc(=O)oc(C)c1C(=O)N[C@@H](C)[C@H]1[C@@H]2CC[C@H]3C[C@H](C2)C[C@@H]31. The Bertz CT molecular complexity index is 696. The van der Waals surface area contributed by atoms with E-state index in [2.05, 4.69) is 12.2 Å². The van der Waals surface area contributed by atoms with Crippen LogP contribution in [0.1, 0.15) is 60.7 Å². The lowest BCUT2D eigenvalue weighted by Gasteiger charge is -2.45. The molecule has 3 saturated carbocycles. The summed E-state index contributed by atoms with van der Waals surface area (Å²) in [5.41, 5.74) is 0.822. The fourth-order valence-corrected chi connectivity index (χ4v) is 6.20. The van der Waals surface area contributed by atoms with Gasteiger partial charge in [0.2, 0.25) is 0 Å². The molecule has 6 atom stereocenters. The molecule has 1 amide bonds. The van der Waals surface area contributed by atoms with E-state index in [1.165, 1.54) is 38.2 Å². The summed E-state index contributed by atoms with van der Waals surface area (Å²) in [4.78, 5) is 24.2. The Balaban J connectivity index is 1.53. The lowest BCUT2D eigenvalue weighted by atomic mass is 9.62. The first-order valence-electron chi connectivity index (χ1n) is 9.36. The molecular weight excluding hydrogens is 302 g/mol.